The van der Waals surface area contributed by atoms with E-state index in [1.807, 2.05) is 6.92 Å². The number of aryl methyl sites for hydroxylation is 1. The molecule has 2 N–H and O–H groups in total. The van der Waals surface area contributed by atoms with E-state index >= 15 is 0 Å². The zero-order valence-electron chi connectivity index (χ0n) is 10.8. The highest BCUT2D eigenvalue weighted by Crippen LogP contribution is 2.21. The summed E-state index contributed by atoms with van der Waals surface area (Å²) in [5.74, 6) is 0. The average molecular weight is 329 g/mol. The van der Waals surface area contributed by atoms with E-state index in [0.29, 0.717) is 6.04 Å². The van der Waals surface area contributed by atoms with Crippen molar-refractivity contribution in [3.8, 4) is 0 Å². The summed E-state index contributed by atoms with van der Waals surface area (Å²) >= 11 is 5.86. The van der Waals surface area contributed by atoms with Crippen molar-refractivity contribution >= 4 is 34.0 Å². The fourth-order valence-electron chi connectivity index (χ4n) is 2.22. The van der Waals surface area contributed by atoms with E-state index in [-0.39, 0.29) is 28.5 Å². The molecule has 2 atom stereocenters. The Hall–Kier alpha value is -0.340. The van der Waals surface area contributed by atoms with E-state index in [1.54, 1.807) is 7.05 Å². The maximum atomic E-state index is 12.2. The van der Waals surface area contributed by atoms with E-state index < -0.39 is 10.0 Å². The number of nitrogens with zero attached hydrogens (tertiary/aromatic N) is 2. The molecule has 0 amide bonds. The van der Waals surface area contributed by atoms with E-state index in [0.717, 1.165) is 19.4 Å². The highest BCUT2D eigenvalue weighted by Gasteiger charge is 2.28. The molecular weight excluding hydrogens is 311 g/mol. The zero-order valence-corrected chi connectivity index (χ0v) is 13.1. The van der Waals surface area contributed by atoms with Crippen LogP contribution in [0.3, 0.4) is 0 Å². The van der Waals surface area contributed by atoms with Crippen LogP contribution in [0.1, 0.15) is 19.8 Å². The van der Waals surface area contributed by atoms with E-state index in [4.69, 9.17) is 11.6 Å². The van der Waals surface area contributed by atoms with Crippen molar-refractivity contribution in [1.82, 2.24) is 19.8 Å². The predicted octanol–water partition coefficient (Wildman–Crippen LogP) is 0.914. The first-order valence-electron chi connectivity index (χ1n) is 5.83. The summed E-state index contributed by atoms with van der Waals surface area (Å²) in [5, 5.41) is 7.29. The molecule has 2 heterocycles. The lowest BCUT2D eigenvalue weighted by molar-refractivity contribution is 0.361. The number of nitrogens with one attached hydrogen (secondary N) is 2. The molecule has 2 unspecified atom stereocenters. The van der Waals surface area contributed by atoms with Crippen molar-refractivity contribution in [2.24, 2.45) is 7.05 Å². The van der Waals surface area contributed by atoms with Gasteiger partial charge in [0.25, 0.3) is 10.0 Å². The molecule has 1 aliphatic rings. The number of rotatable bonds is 3. The maximum Gasteiger partial charge on any atom is 0.259 e. The van der Waals surface area contributed by atoms with Gasteiger partial charge >= 0.3 is 0 Å². The zero-order chi connectivity index (χ0) is 13.3. The van der Waals surface area contributed by atoms with Crippen molar-refractivity contribution in [3.63, 3.8) is 0 Å². The molecule has 1 aromatic rings. The Morgan fingerprint density at radius 2 is 2.26 bits per heavy atom. The van der Waals surface area contributed by atoms with Gasteiger partial charge in [0.1, 0.15) is 0 Å². The molecular formula is C10H18Cl2N4O2S. The van der Waals surface area contributed by atoms with Gasteiger partial charge in [0.2, 0.25) is 0 Å². The summed E-state index contributed by atoms with van der Waals surface area (Å²) in [6.45, 7) is 2.85. The van der Waals surface area contributed by atoms with Gasteiger partial charge in [-0.3, -0.25) is 4.68 Å². The fraction of sp³-hybridized carbons (Fsp3) is 0.700. The molecule has 1 saturated heterocycles. The minimum atomic E-state index is -3.61. The number of hydrogen-bond donors (Lipinski definition) is 2. The minimum absolute atomic E-state index is 0. The quantitative estimate of drug-likeness (QED) is 0.864. The number of piperidine rings is 1. The lowest BCUT2D eigenvalue weighted by atomic mass is 10.0. The second kappa shape index (κ2) is 6.41. The van der Waals surface area contributed by atoms with Gasteiger partial charge in [-0.05, 0) is 26.3 Å². The van der Waals surface area contributed by atoms with Crippen molar-refractivity contribution < 1.29 is 8.42 Å². The number of sulfonamides is 1. The van der Waals surface area contributed by atoms with Crippen molar-refractivity contribution in [1.29, 1.82) is 0 Å². The molecule has 0 aromatic carbocycles. The van der Waals surface area contributed by atoms with E-state index in [9.17, 15) is 8.42 Å². The van der Waals surface area contributed by atoms with Crippen LogP contribution in [-0.4, -0.2) is 36.8 Å². The van der Waals surface area contributed by atoms with Gasteiger partial charge in [-0.2, -0.15) is 5.10 Å². The van der Waals surface area contributed by atoms with E-state index in [2.05, 4.69) is 15.1 Å². The molecule has 1 aromatic heterocycles. The van der Waals surface area contributed by atoms with Crippen LogP contribution < -0.4 is 10.0 Å². The second-order valence-electron chi connectivity index (χ2n) is 4.62. The molecule has 9 heteroatoms. The summed E-state index contributed by atoms with van der Waals surface area (Å²) in [4.78, 5) is 0. The van der Waals surface area contributed by atoms with Gasteiger partial charge in [0, 0.05) is 19.1 Å². The van der Waals surface area contributed by atoms with Crippen LogP contribution in [0.5, 0.6) is 0 Å². The molecule has 110 valence electrons. The monoisotopic (exact) mass is 328 g/mol. The standard InChI is InChI=1S/C10H17ClN4O2S.ClH/c1-7-5-8(3-4-12-7)14-18(16,17)10-9(11)6-13-15(10)2;/h6-8,12,14H,3-5H2,1-2H3;1H. The van der Waals surface area contributed by atoms with Crippen LogP contribution in [0.15, 0.2) is 11.2 Å². The van der Waals surface area contributed by atoms with Crippen LogP contribution >= 0.6 is 24.0 Å². The number of halogens is 2. The molecule has 0 radical (unpaired) electrons. The van der Waals surface area contributed by atoms with Crippen LogP contribution in [-0.2, 0) is 17.1 Å². The second-order valence-corrected chi connectivity index (χ2v) is 6.66. The average Bonchev–Trinajstić information content (AvgIpc) is 2.58. The molecule has 0 aliphatic carbocycles. The molecule has 0 bridgehead atoms. The lowest BCUT2D eigenvalue weighted by Gasteiger charge is -2.28. The predicted molar refractivity (Wildman–Crippen MR) is 76.3 cm³/mol. The third-order valence-corrected chi connectivity index (χ3v) is 5.07. The Morgan fingerprint density at radius 3 is 2.79 bits per heavy atom. The molecule has 1 aliphatic heterocycles. The van der Waals surface area contributed by atoms with E-state index in [1.165, 1.54) is 10.9 Å². The maximum absolute atomic E-state index is 12.2. The summed E-state index contributed by atoms with van der Waals surface area (Å²) < 4.78 is 28.4. The molecule has 19 heavy (non-hydrogen) atoms. The third-order valence-electron chi connectivity index (χ3n) is 3.04. The first-order chi connectivity index (χ1) is 8.40. The molecule has 1 fully saturated rings. The van der Waals surface area contributed by atoms with Crippen molar-refractivity contribution in [3.05, 3.63) is 11.2 Å². The van der Waals surface area contributed by atoms with Gasteiger partial charge in [-0.25, -0.2) is 13.1 Å². The normalized spacial score (nSPS) is 23.9. The lowest BCUT2D eigenvalue weighted by Crippen LogP contribution is -2.46. The van der Waals surface area contributed by atoms with Crippen LogP contribution in [0.2, 0.25) is 5.02 Å². The Kier molecular flexibility index (Phi) is 5.64. The highest BCUT2D eigenvalue weighted by atomic mass is 35.5. The van der Waals surface area contributed by atoms with Crippen molar-refractivity contribution in [2.45, 2.75) is 36.9 Å². The van der Waals surface area contributed by atoms with Gasteiger partial charge < -0.3 is 5.32 Å². The Labute approximate surface area is 124 Å². The van der Waals surface area contributed by atoms with Crippen LogP contribution in [0.4, 0.5) is 0 Å². The Morgan fingerprint density at radius 1 is 1.58 bits per heavy atom. The summed E-state index contributed by atoms with van der Waals surface area (Å²) in [5.41, 5.74) is 0. The number of hydrogen-bond acceptors (Lipinski definition) is 4. The summed E-state index contributed by atoms with van der Waals surface area (Å²) in [7, 11) is -2.05. The molecule has 0 spiro atoms. The van der Waals surface area contributed by atoms with Crippen LogP contribution in [0, 0.1) is 0 Å². The van der Waals surface area contributed by atoms with Crippen LogP contribution in [0.25, 0.3) is 0 Å². The smallest absolute Gasteiger partial charge is 0.259 e. The topological polar surface area (TPSA) is 76.0 Å². The highest BCUT2D eigenvalue weighted by molar-refractivity contribution is 7.89. The van der Waals surface area contributed by atoms with Crippen molar-refractivity contribution in [2.75, 3.05) is 6.54 Å². The minimum Gasteiger partial charge on any atom is -0.314 e. The van der Waals surface area contributed by atoms with Gasteiger partial charge in [0.05, 0.1) is 11.2 Å². The molecule has 0 saturated carbocycles. The number of aromatic nitrogens is 2. The summed E-state index contributed by atoms with van der Waals surface area (Å²) in [6.07, 6.45) is 2.88. The van der Waals surface area contributed by atoms with Gasteiger partial charge in [0.15, 0.2) is 5.03 Å². The van der Waals surface area contributed by atoms with Gasteiger partial charge in [-0.15, -0.1) is 12.4 Å². The Balaban J connectivity index is 0.00000180. The Bertz CT molecular complexity index is 512. The largest absolute Gasteiger partial charge is 0.314 e. The molecule has 6 nitrogen and oxygen atoms in total. The van der Waals surface area contributed by atoms with Gasteiger partial charge in [-0.1, -0.05) is 11.6 Å². The SMILES string of the molecule is CC1CC(NS(=O)(=O)c2c(Cl)cnn2C)CCN1.Cl. The third kappa shape index (κ3) is 3.82. The first-order valence-corrected chi connectivity index (χ1v) is 7.69. The fourth-order valence-corrected chi connectivity index (χ4v) is 4.16. The summed E-state index contributed by atoms with van der Waals surface area (Å²) in [6, 6.07) is 0.255. The first kappa shape index (κ1) is 16.7. The molecule has 2 rings (SSSR count).